The molecule has 0 atom stereocenters. The minimum atomic E-state index is -1.31. The van der Waals surface area contributed by atoms with Crippen LogP contribution in [0.25, 0.3) is 11.1 Å². The highest BCUT2D eigenvalue weighted by atomic mass is 16.5. The molecule has 0 bridgehead atoms. The molecule has 1 fully saturated rings. The first kappa shape index (κ1) is 27.1. The molecular formula is C32H33N3O5. The van der Waals surface area contributed by atoms with Crippen LogP contribution >= 0.6 is 0 Å². The largest absolute Gasteiger partial charge is 0.480 e. The Kier molecular flexibility index (Phi) is 8.26. The number of piperidine rings is 1. The Morgan fingerprint density at radius 1 is 0.900 bits per heavy atom. The number of nitrogens with one attached hydrogen (secondary N) is 2. The Labute approximate surface area is 233 Å². The van der Waals surface area contributed by atoms with Crippen molar-refractivity contribution in [1.82, 2.24) is 15.5 Å². The van der Waals surface area contributed by atoms with Gasteiger partial charge in [0.2, 0.25) is 5.91 Å². The van der Waals surface area contributed by atoms with Gasteiger partial charge in [-0.3, -0.25) is 9.69 Å². The highest BCUT2D eigenvalue weighted by molar-refractivity contribution is 5.93. The molecule has 1 aliphatic carbocycles. The summed E-state index contributed by atoms with van der Waals surface area (Å²) < 4.78 is 5.50. The van der Waals surface area contributed by atoms with Gasteiger partial charge in [0.05, 0.1) is 0 Å². The first-order valence-corrected chi connectivity index (χ1v) is 13.5. The molecule has 3 N–H and O–H groups in total. The molecule has 0 unspecified atom stereocenters. The van der Waals surface area contributed by atoms with Gasteiger partial charge in [-0.2, -0.15) is 0 Å². The molecule has 0 saturated carbocycles. The van der Waals surface area contributed by atoms with Gasteiger partial charge in [-0.15, -0.1) is 0 Å². The Hall–Kier alpha value is -4.43. The number of aliphatic carboxylic acids is 1. The standard InChI is InChI=1S/C32H33N3O5/c36-29(34-32(30(37)38)16-19-35(20-17-32)21-23-9-2-1-3-10-23)15-8-18-33-31(39)40-22-28-26-13-6-4-11-24(26)25-12-5-7-14-27(25)28/h1-15,28H,16-22H2,(H,33,39)(H,34,36)(H,37,38)/b15-8+. The molecule has 0 radical (unpaired) electrons. The molecule has 5 rings (SSSR count). The van der Waals surface area contributed by atoms with Gasteiger partial charge in [-0.1, -0.05) is 84.9 Å². The zero-order chi connectivity index (χ0) is 28.0. The quantitative estimate of drug-likeness (QED) is 0.350. The number of likely N-dealkylation sites (tertiary alicyclic amines) is 1. The number of carboxylic acids is 1. The number of hydrogen-bond donors (Lipinski definition) is 3. The van der Waals surface area contributed by atoms with Crippen molar-refractivity contribution in [2.24, 2.45) is 0 Å². The summed E-state index contributed by atoms with van der Waals surface area (Å²) in [6.07, 6.45) is 2.78. The molecule has 8 nitrogen and oxygen atoms in total. The van der Waals surface area contributed by atoms with Crippen LogP contribution in [0.15, 0.2) is 91.0 Å². The van der Waals surface area contributed by atoms with E-state index in [1.54, 1.807) is 0 Å². The van der Waals surface area contributed by atoms with E-state index in [0.717, 1.165) is 28.8 Å². The molecule has 0 spiro atoms. The van der Waals surface area contributed by atoms with Gasteiger partial charge in [-0.25, -0.2) is 9.59 Å². The van der Waals surface area contributed by atoms with E-state index in [1.165, 1.54) is 17.7 Å². The minimum Gasteiger partial charge on any atom is -0.480 e. The molecule has 1 saturated heterocycles. The van der Waals surface area contributed by atoms with E-state index < -0.39 is 23.5 Å². The van der Waals surface area contributed by atoms with Crippen molar-refractivity contribution >= 4 is 18.0 Å². The van der Waals surface area contributed by atoms with E-state index in [1.807, 2.05) is 54.6 Å². The summed E-state index contributed by atoms with van der Waals surface area (Å²) in [6, 6.07) is 26.2. The molecule has 2 amide bonds. The average molecular weight is 540 g/mol. The number of carbonyl (C=O) groups excluding carboxylic acids is 2. The number of carboxylic acid groups (broad SMARTS) is 1. The molecule has 3 aromatic rings. The number of nitrogens with zero attached hydrogens (tertiary/aromatic N) is 1. The average Bonchev–Trinajstić information content (AvgIpc) is 3.29. The van der Waals surface area contributed by atoms with Crippen LogP contribution in [0.2, 0.25) is 0 Å². The fourth-order valence-electron chi connectivity index (χ4n) is 5.56. The summed E-state index contributed by atoms with van der Waals surface area (Å²) in [5.41, 5.74) is 4.43. The van der Waals surface area contributed by atoms with E-state index in [0.29, 0.717) is 25.9 Å². The topological polar surface area (TPSA) is 108 Å². The van der Waals surface area contributed by atoms with Crippen LogP contribution in [0, 0.1) is 0 Å². The van der Waals surface area contributed by atoms with Crippen LogP contribution in [-0.4, -0.2) is 59.8 Å². The molecule has 1 aliphatic heterocycles. The molecule has 3 aromatic carbocycles. The van der Waals surface area contributed by atoms with Gasteiger partial charge in [0.15, 0.2) is 0 Å². The number of fused-ring (bicyclic) bond motifs is 3. The lowest BCUT2D eigenvalue weighted by Gasteiger charge is -2.39. The second kappa shape index (κ2) is 12.2. The minimum absolute atomic E-state index is 0.0363. The van der Waals surface area contributed by atoms with Crippen molar-refractivity contribution < 1.29 is 24.2 Å². The number of carbonyl (C=O) groups is 3. The Balaban J connectivity index is 1.07. The van der Waals surface area contributed by atoms with Crippen LogP contribution in [0.4, 0.5) is 4.79 Å². The molecule has 206 valence electrons. The van der Waals surface area contributed by atoms with E-state index in [4.69, 9.17) is 4.74 Å². The lowest BCUT2D eigenvalue weighted by atomic mass is 9.87. The van der Waals surface area contributed by atoms with Gasteiger partial charge < -0.3 is 20.5 Å². The van der Waals surface area contributed by atoms with Crippen LogP contribution < -0.4 is 10.6 Å². The predicted octanol–water partition coefficient (Wildman–Crippen LogP) is 4.32. The maximum Gasteiger partial charge on any atom is 0.407 e. The van der Waals surface area contributed by atoms with Gasteiger partial charge in [0.1, 0.15) is 12.1 Å². The lowest BCUT2D eigenvalue weighted by molar-refractivity contribution is -0.149. The monoisotopic (exact) mass is 539 g/mol. The number of alkyl carbamates (subject to hydrolysis) is 1. The van der Waals surface area contributed by atoms with Crippen LogP contribution in [0.5, 0.6) is 0 Å². The first-order chi connectivity index (χ1) is 19.4. The van der Waals surface area contributed by atoms with Crippen molar-refractivity contribution in [3.63, 3.8) is 0 Å². The number of rotatable bonds is 9. The molecule has 40 heavy (non-hydrogen) atoms. The van der Waals surface area contributed by atoms with Gasteiger partial charge in [0.25, 0.3) is 0 Å². The van der Waals surface area contributed by atoms with Crippen molar-refractivity contribution in [2.75, 3.05) is 26.2 Å². The Morgan fingerprint density at radius 3 is 2.12 bits per heavy atom. The third-order valence-corrected chi connectivity index (χ3v) is 7.71. The van der Waals surface area contributed by atoms with Gasteiger partial charge in [-0.05, 0) is 40.7 Å². The third-order valence-electron chi connectivity index (χ3n) is 7.71. The van der Waals surface area contributed by atoms with E-state index >= 15 is 0 Å². The number of hydrogen-bond acceptors (Lipinski definition) is 5. The highest BCUT2D eigenvalue weighted by Gasteiger charge is 2.42. The molecular weight excluding hydrogens is 506 g/mol. The lowest BCUT2D eigenvalue weighted by Crippen LogP contribution is -2.59. The second-order valence-electron chi connectivity index (χ2n) is 10.2. The van der Waals surface area contributed by atoms with Gasteiger partial charge >= 0.3 is 12.1 Å². The number of benzene rings is 3. The zero-order valence-electron chi connectivity index (χ0n) is 22.2. The van der Waals surface area contributed by atoms with Crippen molar-refractivity contribution in [1.29, 1.82) is 0 Å². The Morgan fingerprint density at radius 2 is 1.50 bits per heavy atom. The molecule has 1 heterocycles. The number of ether oxygens (including phenoxy) is 1. The third kappa shape index (κ3) is 6.07. The van der Waals surface area contributed by atoms with Crippen LogP contribution in [-0.2, 0) is 20.9 Å². The summed E-state index contributed by atoms with van der Waals surface area (Å²) in [6.45, 7) is 2.15. The maximum atomic E-state index is 12.6. The van der Waals surface area contributed by atoms with E-state index in [9.17, 15) is 19.5 Å². The second-order valence-corrected chi connectivity index (χ2v) is 10.2. The fourth-order valence-corrected chi connectivity index (χ4v) is 5.56. The summed E-state index contributed by atoms with van der Waals surface area (Å²) in [5.74, 6) is -1.58. The molecule has 0 aromatic heterocycles. The highest BCUT2D eigenvalue weighted by Crippen LogP contribution is 2.44. The van der Waals surface area contributed by atoms with E-state index in [-0.39, 0.29) is 19.1 Å². The number of amides is 2. The molecule has 8 heteroatoms. The summed E-state index contributed by atoms with van der Waals surface area (Å²) in [4.78, 5) is 39.2. The maximum absolute atomic E-state index is 12.6. The summed E-state index contributed by atoms with van der Waals surface area (Å²) >= 11 is 0. The summed E-state index contributed by atoms with van der Waals surface area (Å²) in [5, 5.41) is 15.2. The van der Waals surface area contributed by atoms with Crippen molar-refractivity contribution in [3.8, 4) is 11.1 Å². The Bertz CT molecular complexity index is 1350. The summed E-state index contributed by atoms with van der Waals surface area (Å²) in [7, 11) is 0. The van der Waals surface area contributed by atoms with Gasteiger partial charge in [0, 0.05) is 38.2 Å². The van der Waals surface area contributed by atoms with Crippen molar-refractivity contribution in [2.45, 2.75) is 30.8 Å². The van der Waals surface area contributed by atoms with Crippen LogP contribution in [0.1, 0.15) is 35.4 Å². The first-order valence-electron chi connectivity index (χ1n) is 13.5. The SMILES string of the molecule is O=C(/C=C/CNC(=O)OCC1c2ccccc2-c2ccccc21)NC1(C(=O)O)CCN(Cc2ccccc2)CC1. The van der Waals surface area contributed by atoms with Crippen molar-refractivity contribution in [3.05, 3.63) is 108 Å². The normalized spacial score (nSPS) is 16.2. The van der Waals surface area contributed by atoms with Crippen LogP contribution in [0.3, 0.4) is 0 Å². The fraction of sp³-hybridized carbons (Fsp3) is 0.281. The van der Waals surface area contributed by atoms with E-state index in [2.05, 4.69) is 39.8 Å². The zero-order valence-corrected chi connectivity index (χ0v) is 22.2. The smallest absolute Gasteiger partial charge is 0.407 e. The molecule has 2 aliphatic rings. The predicted molar refractivity (Wildman–Crippen MR) is 152 cm³/mol.